The first-order chi connectivity index (χ1) is 16.8. The Morgan fingerprint density at radius 2 is 1.57 bits per heavy atom. The maximum atomic E-state index is 13.2. The molecule has 0 aliphatic carbocycles. The Bertz CT molecular complexity index is 1040. The highest BCUT2D eigenvalue weighted by Crippen LogP contribution is 2.18. The molecule has 3 amide bonds. The molecule has 35 heavy (non-hydrogen) atoms. The van der Waals surface area contributed by atoms with Crippen LogP contribution in [0, 0.1) is 0 Å². The summed E-state index contributed by atoms with van der Waals surface area (Å²) in [6.45, 7) is 0.201. The number of carboxylic acids is 1. The number of aliphatic carboxylic acids is 1. The van der Waals surface area contributed by atoms with Crippen LogP contribution in [0.4, 0.5) is 0 Å². The number of carbonyl (C=O) groups excluding carboxylic acids is 3. The molecule has 3 rings (SSSR count). The number of nitrogens with two attached hydrogens (primary N) is 1. The zero-order valence-corrected chi connectivity index (χ0v) is 19.2. The second kappa shape index (κ2) is 12.0. The fourth-order valence-corrected chi connectivity index (χ4v) is 4.12. The zero-order valence-electron chi connectivity index (χ0n) is 19.2. The number of hydrogen-bond donors (Lipinski definition) is 5. The van der Waals surface area contributed by atoms with Gasteiger partial charge in [0.1, 0.15) is 23.9 Å². The monoisotopic (exact) mass is 482 g/mol. The van der Waals surface area contributed by atoms with E-state index in [1.165, 1.54) is 17.0 Å². The lowest BCUT2D eigenvalue weighted by molar-refractivity contribution is -0.142. The van der Waals surface area contributed by atoms with E-state index in [2.05, 4.69) is 10.6 Å². The number of phenolic OH excluding ortho intramolecular Hbond substituents is 1. The number of likely N-dealkylation sites (tertiary alicyclic amines) is 1. The molecule has 3 atom stereocenters. The maximum Gasteiger partial charge on any atom is 0.326 e. The predicted octanol–water partition coefficient (Wildman–Crippen LogP) is 0.181. The molecule has 1 saturated heterocycles. The van der Waals surface area contributed by atoms with Gasteiger partial charge in [0.25, 0.3) is 0 Å². The van der Waals surface area contributed by atoms with Crippen molar-refractivity contribution in [2.75, 3.05) is 13.1 Å². The Kier molecular flexibility index (Phi) is 8.80. The highest BCUT2D eigenvalue weighted by molar-refractivity contribution is 5.94. The van der Waals surface area contributed by atoms with E-state index in [1.807, 2.05) is 6.07 Å². The molecule has 0 saturated carbocycles. The van der Waals surface area contributed by atoms with Crippen LogP contribution in [0.2, 0.25) is 0 Å². The second-order valence-electron chi connectivity index (χ2n) is 8.47. The molecule has 0 aromatic heterocycles. The van der Waals surface area contributed by atoms with Gasteiger partial charge in [0.15, 0.2) is 0 Å². The number of aromatic hydroxyl groups is 1. The zero-order chi connectivity index (χ0) is 25.4. The van der Waals surface area contributed by atoms with Crippen LogP contribution in [-0.4, -0.2) is 70.0 Å². The fraction of sp³-hybridized carbons (Fsp3) is 0.360. The van der Waals surface area contributed by atoms with Crippen molar-refractivity contribution < 1.29 is 29.4 Å². The van der Waals surface area contributed by atoms with E-state index in [9.17, 15) is 29.4 Å². The third-order valence-corrected chi connectivity index (χ3v) is 5.96. The first kappa shape index (κ1) is 25.7. The average molecular weight is 483 g/mol. The molecule has 0 spiro atoms. The van der Waals surface area contributed by atoms with E-state index in [4.69, 9.17) is 5.73 Å². The van der Waals surface area contributed by atoms with E-state index < -0.39 is 35.9 Å². The van der Waals surface area contributed by atoms with Gasteiger partial charge in [-0.25, -0.2) is 4.79 Å². The van der Waals surface area contributed by atoms with Crippen LogP contribution in [0.1, 0.15) is 24.0 Å². The van der Waals surface area contributed by atoms with E-state index >= 15 is 0 Å². The van der Waals surface area contributed by atoms with Crippen molar-refractivity contribution in [2.24, 2.45) is 5.73 Å². The summed E-state index contributed by atoms with van der Waals surface area (Å²) >= 11 is 0. The number of amides is 3. The van der Waals surface area contributed by atoms with Crippen molar-refractivity contribution in [3.05, 3.63) is 65.7 Å². The Balaban J connectivity index is 1.76. The Hall–Kier alpha value is -3.92. The van der Waals surface area contributed by atoms with Gasteiger partial charge in [-0.3, -0.25) is 14.4 Å². The average Bonchev–Trinajstić information content (AvgIpc) is 3.35. The minimum Gasteiger partial charge on any atom is -0.508 e. The molecule has 1 fully saturated rings. The molecule has 186 valence electrons. The van der Waals surface area contributed by atoms with E-state index in [0.29, 0.717) is 24.9 Å². The fourth-order valence-electron chi connectivity index (χ4n) is 4.12. The van der Waals surface area contributed by atoms with Crippen LogP contribution in [0.25, 0.3) is 0 Å². The lowest BCUT2D eigenvalue weighted by atomic mass is 10.0. The molecule has 1 aliphatic heterocycles. The van der Waals surface area contributed by atoms with Gasteiger partial charge in [-0.15, -0.1) is 0 Å². The number of carbonyl (C=O) groups is 4. The van der Waals surface area contributed by atoms with Gasteiger partial charge in [0.05, 0.1) is 6.54 Å². The van der Waals surface area contributed by atoms with Crippen molar-refractivity contribution in [1.29, 1.82) is 0 Å². The normalized spacial score (nSPS) is 16.8. The van der Waals surface area contributed by atoms with Crippen molar-refractivity contribution in [2.45, 2.75) is 43.8 Å². The largest absolute Gasteiger partial charge is 0.508 e. The van der Waals surface area contributed by atoms with Crippen molar-refractivity contribution in [1.82, 2.24) is 15.5 Å². The summed E-state index contributed by atoms with van der Waals surface area (Å²) in [5.74, 6) is -2.66. The Morgan fingerprint density at radius 1 is 0.943 bits per heavy atom. The number of nitrogens with zero attached hydrogens (tertiary/aromatic N) is 1. The highest BCUT2D eigenvalue weighted by Gasteiger charge is 2.36. The number of rotatable bonds is 10. The standard InChI is InChI=1S/C25H30N4O6/c26-15-22(31)29-12-4-7-21(29)24(33)27-19(13-16-5-2-1-3-6-16)23(32)28-20(25(34)35)14-17-8-10-18(30)11-9-17/h1-3,5-6,8-11,19-21,30H,4,7,12-15,26H2,(H,27,33)(H,28,32)(H,34,35). The van der Waals surface area contributed by atoms with Crippen molar-refractivity contribution >= 4 is 23.7 Å². The summed E-state index contributed by atoms with van der Waals surface area (Å²) in [6, 6.07) is 12.0. The van der Waals surface area contributed by atoms with Gasteiger partial charge in [0.2, 0.25) is 17.7 Å². The molecule has 3 unspecified atom stereocenters. The molecule has 6 N–H and O–H groups in total. The summed E-state index contributed by atoms with van der Waals surface area (Å²) < 4.78 is 0. The smallest absolute Gasteiger partial charge is 0.326 e. The molecular formula is C25H30N4O6. The highest BCUT2D eigenvalue weighted by atomic mass is 16.4. The molecule has 10 heteroatoms. The maximum absolute atomic E-state index is 13.2. The third kappa shape index (κ3) is 7.03. The van der Waals surface area contributed by atoms with Gasteiger partial charge in [-0.1, -0.05) is 42.5 Å². The van der Waals surface area contributed by atoms with Crippen molar-refractivity contribution in [3.63, 3.8) is 0 Å². The Labute approximate surface area is 203 Å². The predicted molar refractivity (Wildman–Crippen MR) is 127 cm³/mol. The van der Waals surface area contributed by atoms with Crippen LogP contribution < -0.4 is 16.4 Å². The number of phenols is 1. The minimum atomic E-state index is -1.25. The molecular weight excluding hydrogens is 452 g/mol. The molecule has 0 radical (unpaired) electrons. The van der Waals surface area contributed by atoms with Gasteiger partial charge < -0.3 is 31.5 Å². The lowest BCUT2D eigenvalue weighted by Crippen LogP contribution is -2.56. The molecule has 1 aliphatic rings. The van der Waals surface area contributed by atoms with Gasteiger partial charge >= 0.3 is 5.97 Å². The molecule has 1 heterocycles. The van der Waals surface area contributed by atoms with Crippen LogP contribution in [0.5, 0.6) is 5.75 Å². The molecule has 2 aromatic rings. The van der Waals surface area contributed by atoms with Gasteiger partial charge in [-0.2, -0.15) is 0 Å². The van der Waals surface area contributed by atoms with Gasteiger partial charge in [0, 0.05) is 19.4 Å². The first-order valence-corrected chi connectivity index (χ1v) is 11.4. The molecule has 0 bridgehead atoms. The first-order valence-electron chi connectivity index (χ1n) is 11.4. The number of benzene rings is 2. The van der Waals surface area contributed by atoms with E-state index in [1.54, 1.807) is 36.4 Å². The summed E-state index contributed by atoms with van der Waals surface area (Å²) in [5.41, 5.74) is 6.85. The quantitative estimate of drug-likeness (QED) is 0.323. The summed E-state index contributed by atoms with van der Waals surface area (Å²) in [6.07, 6.45) is 1.24. The van der Waals surface area contributed by atoms with Crippen LogP contribution in [0.3, 0.4) is 0 Å². The Morgan fingerprint density at radius 3 is 2.20 bits per heavy atom. The lowest BCUT2D eigenvalue weighted by Gasteiger charge is -2.27. The number of hydrogen-bond acceptors (Lipinski definition) is 6. The third-order valence-electron chi connectivity index (χ3n) is 5.96. The van der Waals surface area contributed by atoms with Crippen LogP contribution >= 0.6 is 0 Å². The van der Waals surface area contributed by atoms with E-state index in [-0.39, 0.29) is 31.0 Å². The number of carboxylic acid groups (broad SMARTS) is 1. The van der Waals surface area contributed by atoms with Crippen LogP contribution in [-0.2, 0) is 32.0 Å². The molecule has 10 nitrogen and oxygen atoms in total. The van der Waals surface area contributed by atoms with Gasteiger partial charge in [-0.05, 0) is 36.1 Å². The summed E-state index contributed by atoms with van der Waals surface area (Å²) in [4.78, 5) is 51.6. The molecule has 2 aromatic carbocycles. The van der Waals surface area contributed by atoms with E-state index in [0.717, 1.165) is 5.56 Å². The van der Waals surface area contributed by atoms with Crippen LogP contribution in [0.15, 0.2) is 54.6 Å². The topological polar surface area (TPSA) is 162 Å². The minimum absolute atomic E-state index is 0.00520. The SMILES string of the molecule is NCC(=O)N1CCCC1C(=O)NC(Cc1ccccc1)C(=O)NC(Cc1ccc(O)cc1)C(=O)O. The number of nitrogens with one attached hydrogen (secondary N) is 2. The second-order valence-corrected chi connectivity index (χ2v) is 8.47. The summed E-state index contributed by atoms with van der Waals surface area (Å²) in [7, 11) is 0. The summed E-state index contributed by atoms with van der Waals surface area (Å²) in [5, 5.41) is 24.4. The van der Waals surface area contributed by atoms with Crippen molar-refractivity contribution in [3.8, 4) is 5.75 Å².